The van der Waals surface area contributed by atoms with Gasteiger partial charge >= 0.3 is 6.01 Å². The van der Waals surface area contributed by atoms with Gasteiger partial charge in [-0.05, 0) is 43.7 Å². The Bertz CT molecular complexity index is 1730. The predicted octanol–water partition coefficient (Wildman–Crippen LogP) is 5.87. The molecular formula is C27H23Cl2N7O3. The molecule has 0 fully saturated rings. The number of aromatic nitrogens is 6. The lowest BCUT2D eigenvalue weighted by Gasteiger charge is -2.29. The van der Waals surface area contributed by atoms with E-state index in [1.165, 1.54) is 14.2 Å². The second-order valence-corrected chi connectivity index (χ2v) is 10.2. The molecule has 10 nitrogen and oxygen atoms in total. The number of nitrogens with zero attached hydrogens (tertiary/aromatic N) is 6. The Hall–Kier alpha value is -4.15. The Morgan fingerprint density at radius 1 is 1.00 bits per heavy atom. The third kappa shape index (κ3) is 3.98. The second kappa shape index (κ2) is 9.55. The largest absolute Gasteiger partial charge is 0.480 e. The highest BCUT2D eigenvalue weighted by Crippen LogP contribution is 2.47. The molecule has 0 saturated heterocycles. The molecule has 1 aliphatic heterocycles. The third-order valence-corrected chi connectivity index (χ3v) is 7.17. The van der Waals surface area contributed by atoms with Gasteiger partial charge in [0.1, 0.15) is 11.9 Å². The number of methoxy groups -OCH3 is 2. The van der Waals surface area contributed by atoms with E-state index in [9.17, 15) is 4.79 Å². The number of ether oxygens (including phenoxy) is 2. The summed E-state index contributed by atoms with van der Waals surface area (Å²) >= 11 is 12.7. The number of fused-ring (bicyclic) bond motifs is 2. The van der Waals surface area contributed by atoms with Crippen LogP contribution in [0.5, 0.6) is 11.9 Å². The SMILES string of the molecule is COc1ncc(-c2nc3c(n2C(C)C)[C@H](c2ccc(Cl)cc2)N(c2cc(Cl)cc4[nH]ncc24)C3=O)c(OC)n1. The van der Waals surface area contributed by atoms with Crippen molar-refractivity contribution in [1.29, 1.82) is 0 Å². The molecule has 1 N–H and O–H groups in total. The summed E-state index contributed by atoms with van der Waals surface area (Å²) in [6, 6.07) is 10.5. The summed E-state index contributed by atoms with van der Waals surface area (Å²) in [5.41, 5.74) is 3.77. The number of benzene rings is 2. The second-order valence-electron chi connectivity index (χ2n) is 9.30. The highest BCUT2D eigenvalue weighted by molar-refractivity contribution is 6.32. The zero-order valence-electron chi connectivity index (χ0n) is 21.4. The molecule has 2 aromatic carbocycles. The number of amides is 1. The lowest BCUT2D eigenvalue weighted by molar-refractivity contribution is 0.0989. The Balaban J connectivity index is 1.63. The minimum atomic E-state index is -0.532. The van der Waals surface area contributed by atoms with Gasteiger partial charge in [-0.1, -0.05) is 35.3 Å². The molecule has 1 amide bonds. The number of hydrogen-bond acceptors (Lipinski definition) is 7. The van der Waals surface area contributed by atoms with Crippen molar-refractivity contribution in [2.75, 3.05) is 19.1 Å². The van der Waals surface area contributed by atoms with Gasteiger partial charge in [-0.2, -0.15) is 10.1 Å². The average molecular weight is 564 g/mol. The maximum Gasteiger partial charge on any atom is 0.319 e. The Morgan fingerprint density at radius 2 is 1.77 bits per heavy atom. The molecule has 0 unspecified atom stereocenters. The topological polar surface area (TPSA) is 111 Å². The average Bonchev–Trinajstić information content (AvgIpc) is 3.62. The van der Waals surface area contributed by atoms with E-state index in [4.69, 9.17) is 37.7 Å². The number of rotatable bonds is 6. The summed E-state index contributed by atoms with van der Waals surface area (Å²) in [6.07, 6.45) is 3.28. The molecule has 198 valence electrons. The van der Waals surface area contributed by atoms with Crippen molar-refractivity contribution in [3.63, 3.8) is 0 Å². The van der Waals surface area contributed by atoms with Gasteiger partial charge in [0, 0.05) is 27.7 Å². The van der Waals surface area contributed by atoms with Crippen molar-refractivity contribution in [2.24, 2.45) is 0 Å². The van der Waals surface area contributed by atoms with Crippen molar-refractivity contribution in [1.82, 2.24) is 29.7 Å². The summed E-state index contributed by atoms with van der Waals surface area (Å²) in [6.45, 7) is 4.06. The summed E-state index contributed by atoms with van der Waals surface area (Å²) < 4.78 is 12.7. The molecule has 1 aliphatic rings. The summed E-state index contributed by atoms with van der Waals surface area (Å²) in [5.74, 6) is 0.527. The van der Waals surface area contributed by atoms with Crippen molar-refractivity contribution in [2.45, 2.75) is 25.9 Å². The van der Waals surface area contributed by atoms with E-state index in [-0.39, 0.29) is 23.8 Å². The maximum absolute atomic E-state index is 14.3. The van der Waals surface area contributed by atoms with Crippen LogP contribution in [0.25, 0.3) is 22.3 Å². The number of H-pyrrole nitrogens is 1. The predicted molar refractivity (Wildman–Crippen MR) is 148 cm³/mol. The van der Waals surface area contributed by atoms with Gasteiger partial charge in [0.25, 0.3) is 5.91 Å². The number of aromatic amines is 1. The van der Waals surface area contributed by atoms with Crippen molar-refractivity contribution >= 4 is 45.7 Å². The molecule has 0 spiro atoms. The van der Waals surface area contributed by atoms with E-state index in [2.05, 4.69) is 20.2 Å². The quantitative estimate of drug-likeness (QED) is 0.275. The van der Waals surface area contributed by atoms with Crippen LogP contribution in [0.15, 0.2) is 48.8 Å². The molecule has 12 heteroatoms. The first-order valence-electron chi connectivity index (χ1n) is 12.1. The summed E-state index contributed by atoms with van der Waals surface area (Å²) in [4.78, 5) is 29.5. The van der Waals surface area contributed by atoms with Crippen LogP contribution in [-0.2, 0) is 0 Å². The van der Waals surface area contributed by atoms with Crippen molar-refractivity contribution in [3.8, 4) is 23.3 Å². The van der Waals surface area contributed by atoms with Crippen LogP contribution in [0, 0.1) is 0 Å². The van der Waals surface area contributed by atoms with Gasteiger partial charge in [0.2, 0.25) is 5.88 Å². The first-order valence-corrected chi connectivity index (χ1v) is 12.9. The fourth-order valence-electron chi connectivity index (χ4n) is 5.09. The molecule has 0 aliphatic carbocycles. The normalized spacial score (nSPS) is 14.9. The van der Waals surface area contributed by atoms with E-state index < -0.39 is 6.04 Å². The van der Waals surface area contributed by atoms with Crippen LogP contribution in [0.1, 0.15) is 47.7 Å². The first-order chi connectivity index (χ1) is 18.8. The van der Waals surface area contributed by atoms with E-state index in [1.54, 1.807) is 41.6 Å². The number of anilines is 1. The molecule has 0 radical (unpaired) electrons. The molecule has 0 saturated carbocycles. The highest BCUT2D eigenvalue weighted by Gasteiger charge is 2.45. The summed E-state index contributed by atoms with van der Waals surface area (Å²) in [5, 5.41) is 8.96. The zero-order valence-corrected chi connectivity index (χ0v) is 22.9. The van der Waals surface area contributed by atoms with E-state index >= 15 is 0 Å². The van der Waals surface area contributed by atoms with Gasteiger partial charge in [-0.25, -0.2) is 9.97 Å². The van der Waals surface area contributed by atoms with Gasteiger partial charge in [0.15, 0.2) is 5.69 Å². The standard InChI is InChI=1S/C27H23Cl2N7O3/c1-13(2)35-23-21(32-24(35)18-11-30-27(39-4)33-25(18)38-3)26(37)36(22(23)14-5-7-15(28)8-6-14)20-10-16(29)9-19-17(20)12-31-34-19/h5-13,22H,1-4H3,(H,31,34)/t22-/m0/s1. The minimum absolute atomic E-state index is 0.0843. The van der Waals surface area contributed by atoms with Crippen LogP contribution in [0.2, 0.25) is 10.0 Å². The molecule has 4 heterocycles. The zero-order chi connectivity index (χ0) is 27.4. The van der Waals surface area contributed by atoms with Crippen LogP contribution in [0.4, 0.5) is 5.69 Å². The van der Waals surface area contributed by atoms with E-state index in [0.29, 0.717) is 32.8 Å². The summed E-state index contributed by atoms with van der Waals surface area (Å²) in [7, 11) is 3.00. The minimum Gasteiger partial charge on any atom is -0.480 e. The van der Waals surface area contributed by atoms with Crippen LogP contribution in [-0.4, -0.2) is 49.8 Å². The fourth-order valence-corrected chi connectivity index (χ4v) is 5.42. The van der Waals surface area contributed by atoms with Crippen LogP contribution >= 0.6 is 23.2 Å². The number of imidazole rings is 1. The lowest BCUT2D eigenvalue weighted by atomic mass is 10.0. The molecule has 3 aromatic heterocycles. The molecule has 0 bridgehead atoms. The molecular weight excluding hydrogens is 541 g/mol. The Kier molecular flexibility index (Phi) is 6.16. The van der Waals surface area contributed by atoms with E-state index in [0.717, 1.165) is 22.2 Å². The maximum atomic E-state index is 14.3. The van der Waals surface area contributed by atoms with Crippen molar-refractivity contribution < 1.29 is 14.3 Å². The van der Waals surface area contributed by atoms with E-state index in [1.807, 2.05) is 30.5 Å². The third-order valence-electron chi connectivity index (χ3n) is 6.70. The van der Waals surface area contributed by atoms with Gasteiger partial charge in [-0.15, -0.1) is 0 Å². The number of carbonyl (C=O) groups excluding carboxylic acids is 1. The Labute approximate surface area is 233 Å². The number of nitrogens with one attached hydrogen (secondary N) is 1. The molecule has 39 heavy (non-hydrogen) atoms. The smallest absolute Gasteiger partial charge is 0.319 e. The highest BCUT2D eigenvalue weighted by atomic mass is 35.5. The monoisotopic (exact) mass is 563 g/mol. The molecule has 1 atom stereocenters. The van der Waals surface area contributed by atoms with Crippen LogP contribution in [0.3, 0.4) is 0 Å². The number of halogens is 2. The fraction of sp³-hybridized carbons (Fsp3) is 0.222. The first kappa shape index (κ1) is 25.1. The molecule has 6 rings (SSSR count). The van der Waals surface area contributed by atoms with Gasteiger partial charge < -0.3 is 14.0 Å². The molecule has 5 aromatic rings. The van der Waals surface area contributed by atoms with Gasteiger partial charge in [-0.3, -0.25) is 14.8 Å². The lowest BCUT2D eigenvalue weighted by Crippen LogP contribution is -2.30. The number of hydrogen-bond donors (Lipinski definition) is 1. The van der Waals surface area contributed by atoms with Crippen molar-refractivity contribution in [3.05, 3.63) is 75.8 Å². The number of carbonyl (C=O) groups is 1. The van der Waals surface area contributed by atoms with Gasteiger partial charge in [0.05, 0.1) is 42.9 Å². The van der Waals surface area contributed by atoms with Crippen LogP contribution < -0.4 is 14.4 Å². The Morgan fingerprint density at radius 3 is 2.46 bits per heavy atom.